The van der Waals surface area contributed by atoms with Crippen LogP contribution in [0.2, 0.25) is 0 Å². The Morgan fingerprint density at radius 2 is 1.94 bits per heavy atom. The zero-order chi connectivity index (χ0) is 22.1. The van der Waals surface area contributed by atoms with E-state index in [1.54, 1.807) is 30.3 Å². The number of rotatable bonds is 4. The van der Waals surface area contributed by atoms with Crippen LogP contribution < -0.4 is 15.0 Å². The highest BCUT2D eigenvalue weighted by molar-refractivity contribution is 6.04. The standard InChI is InChI=1S/C23H19F2N3O3/c1-3-13-9-18-19(31-12-21(29)28(18)2)10-15(13)14-7-8-20(26-11-14)27-23(30)22-16(24)5-4-6-17(22)25/h4-11H,3,12H2,1-2H3,(H,26,27,30). The topological polar surface area (TPSA) is 71.5 Å². The smallest absolute Gasteiger partial charge is 0.264 e. The highest BCUT2D eigenvalue weighted by atomic mass is 19.1. The minimum absolute atomic E-state index is 0.0236. The summed E-state index contributed by atoms with van der Waals surface area (Å²) in [5, 5.41) is 2.41. The lowest BCUT2D eigenvalue weighted by Gasteiger charge is -2.27. The van der Waals surface area contributed by atoms with Gasteiger partial charge in [-0.2, -0.15) is 0 Å². The first-order chi connectivity index (χ1) is 14.9. The summed E-state index contributed by atoms with van der Waals surface area (Å²) >= 11 is 0. The van der Waals surface area contributed by atoms with Crippen LogP contribution in [0, 0.1) is 11.6 Å². The Labute approximate surface area is 177 Å². The van der Waals surface area contributed by atoms with Crippen molar-refractivity contribution in [3.8, 4) is 16.9 Å². The lowest BCUT2D eigenvalue weighted by Crippen LogP contribution is -2.35. The van der Waals surface area contributed by atoms with Crippen molar-refractivity contribution < 1.29 is 23.1 Å². The van der Waals surface area contributed by atoms with Crippen LogP contribution in [0.25, 0.3) is 11.1 Å². The largest absolute Gasteiger partial charge is 0.482 e. The van der Waals surface area contributed by atoms with Gasteiger partial charge in [0.1, 0.15) is 28.8 Å². The molecule has 0 bridgehead atoms. The maximum absolute atomic E-state index is 13.8. The number of ether oxygens (including phenoxy) is 1. The third-order valence-corrected chi connectivity index (χ3v) is 5.16. The van der Waals surface area contributed by atoms with E-state index in [-0.39, 0.29) is 18.3 Å². The number of amides is 2. The van der Waals surface area contributed by atoms with Gasteiger partial charge in [0.05, 0.1) is 5.69 Å². The van der Waals surface area contributed by atoms with Crippen LogP contribution in [0.5, 0.6) is 5.75 Å². The van der Waals surface area contributed by atoms with E-state index in [0.717, 1.165) is 35.2 Å². The first-order valence-corrected chi connectivity index (χ1v) is 9.67. The molecule has 8 heteroatoms. The molecule has 0 fully saturated rings. The maximum Gasteiger partial charge on any atom is 0.264 e. The fraction of sp³-hybridized carbons (Fsp3) is 0.174. The van der Waals surface area contributed by atoms with Gasteiger partial charge in [-0.25, -0.2) is 13.8 Å². The summed E-state index contributed by atoms with van der Waals surface area (Å²) in [6.45, 7) is 1.98. The first kappa shape index (κ1) is 20.5. The summed E-state index contributed by atoms with van der Waals surface area (Å²) in [6.07, 6.45) is 2.28. The molecular weight excluding hydrogens is 404 g/mol. The third kappa shape index (κ3) is 3.84. The van der Waals surface area contributed by atoms with E-state index in [1.807, 2.05) is 19.1 Å². The van der Waals surface area contributed by atoms with Crippen molar-refractivity contribution in [1.29, 1.82) is 0 Å². The minimum Gasteiger partial charge on any atom is -0.482 e. The van der Waals surface area contributed by atoms with E-state index >= 15 is 0 Å². The van der Waals surface area contributed by atoms with Crippen molar-refractivity contribution in [2.24, 2.45) is 0 Å². The number of hydrogen-bond acceptors (Lipinski definition) is 4. The molecule has 0 saturated carbocycles. The molecule has 1 N–H and O–H groups in total. The summed E-state index contributed by atoms with van der Waals surface area (Å²) < 4.78 is 33.2. The van der Waals surface area contributed by atoms with Crippen LogP contribution in [-0.2, 0) is 11.2 Å². The zero-order valence-corrected chi connectivity index (χ0v) is 16.9. The van der Waals surface area contributed by atoms with Gasteiger partial charge in [0, 0.05) is 18.8 Å². The SMILES string of the molecule is CCc1cc2c(cc1-c1ccc(NC(=O)c3c(F)cccc3F)nc1)OCC(=O)N2C. The number of nitrogens with zero attached hydrogens (tertiary/aromatic N) is 2. The van der Waals surface area contributed by atoms with Crippen molar-refractivity contribution in [2.75, 3.05) is 23.9 Å². The molecule has 0 atom stereocenters. The van der Waals surface area contributed by atoms with Gasteiger partial charge in [0.15, 0.2) is 6.61 Å². The van der Waals surface area contributed by atoms with E-state index in [9.17, 15) is 18.4 Å². The van der Waals surface area contributed by atoms with E-state index in [2.05, 4.69) is 10.3 Å². The van der Waals surface area contributed by atoms with Gasteiger partial charge in [0.2, 0.25) is 0 Å². The number of carbonyl (C=O) groups excluding carboxylic acids is 2. The summed E-state index contributed by atoms with van der Waals surface area (Å²) in [7, 11) is 1.71. The van der Waals surface area contributed by atoms with E-state index in [0.29, 0.717) is 11.4 Å². The van der Waals surface area contributed by atoms with Gasteiger partial charge in [-0.1, -0.05) is 13.0 Å². The minimum atomic E-state index is -0.945. The van der Waals surface area contributed by atoms with E-state index in [4.69, 9.17) is 4.74 Å². The lowest BCUT2D eigenvalue weighted by atomic mass is 9.97. The quantitative estimate of drug-likeness (QED) is 0.683. The Balaban J connectivity index is 1.61. The number of fused-ring (bicyclic) bond motifs is 1. The third-order valence-electron chi connectivity index (χ3n) is 5.16. The Bertz CT molecular complexity index is 1160. The molecule has 2 heterocycles. The fourth-order valence-electron chi connectivity index (χ4n) is 3.44. The Hall–Kier alpha value is -3.81. The van der Waals surface area contributed by atoms with Gasteiger partial charge >= 0.3 is 0 Å². The molecule has 0 unspecified atom stereocenters. The summed E-state index contributed by atoms with van der Waals surface area (Å²) in [5.41, 5.74) is 2.70. The number of halogens is 2. The summed E-state index contributed by atoms with van der Waals surface area (Å²) in [5.74, 6) is -2.16. The van der Waals surface area contributed by atoms with Crippen molar-refractivity contribution >= 4 is 23.3 Å². The number of hydrogen-bond donors (Lipinski definition) is 1. The molecule has 158 valence electrons. The number of carbonyl (C=O) groups is 2. The van der Waals surface area contributed by atoms with Crippen LogP contribution in [0.1, 0.15) is 22.8 Å². The molecule has 0 radical (unpaired) electrons. The Morgan fingerprint density at radius 1 is 1.19 bits per heavy atom. The predicted molar refractivity (Wildman–Crippen MR) is 112 cm³/mol. The molecule has 0 aliphatic carbocycles. The lowest BCUT2D eigenvalue weighted by molar-refractivity contribution is -0.120. The first-order valence-electron chi connectivity index (χ1n) is 9.67. The molecule has 0 saturated heterocycles. The molecule has 3 aromatic rings. The second-order valence-corrected chi connectivity index (χ2v) is 7.05. The molecule has 31 heavy (non-hydrogen) atoms. The average Bonchev–Trinajstić information content (AvgIpc) is 2.76. The number of anilines is 2. The molecule has 4 rings (SSSR count). The van der Waals surface area contributed by atoms with Gasteiger partial charge < -0.3 is 15.0 Å². The Morgan fingerprint density at radius 3 is 2.58 bits per heavy atom. The molecule has 2 aromatic carbocycles. The highest BCUT2D eigenvalue weighted by Gasteiger charge is 2.24. The molecule has 1 aliphatic rings. The molecule has 1 aromatic heterocycles. The van der Waals surface area contributed by atoms with Gasteiger partial charge in [0.25, 0.3) is 11.8 Å². The Kier molecular flexibility index (Phi) is 5.37. The average molecular weight is 423 g/mol. The molecular formula is C23H19F2N3O3. The van der Waals surface area contributed by atoms with Crippen molar-refractivity contribution in [2.45, 2.75) is 13.3 Å². The molecule has 1 aliphatic heterocycles. The number of aryl methyl sites for hydroxylation is 1. The van der Waals surface area contributed by atoms with E-state index in [1.165, 1.54) is 6.07 Å². The summed E-state index contributed by atoms with van der Waals surface area (Å²) in [4.78, 5) is 29.9. The van der Waals surface area contributed by atoms with Crippen molar-refractivity contribution in [3.63, 3.8) is 0 Å². The zero-order valence-electron chi connectivity index (χ0n) is 16.9. The number of likely N-dealkylation sites (N-methyl/N-ethyl adjacent to an activating group) is 1. The van der Waals surface area contributed by atoms with Crippen molar-refractivity contribution in [1.82, 2.24) is 4.98 Å². The van der Waals surface area contributed by atoms with E-state index < -0.39 is 23.1 Å². The van der Waals surface area contributed by atoms with Crippen LogP contribution in [0.15, 0.2) is 48.7 Å². The molecule has 0 spiro atoms. The van der Waals surface area contributed by atoms with Crippen molar-refractivity contribution in [3.05, 3.63) is 71.4 Å². The second kappa shape index (κ2) is 8.14. The summed E-state index contributed by atoms with van der Waals surface area (Å²) in [6, 6.07) is 10.3. The van der Waals surface area contributed by atoms with Crippen LogP contribution in [0.4, 0.5) is 20.3 Å². The monoisotopic (exact) mass is 423 g/mol. The molecule has 6 nitrogen and oxygen atoms in total. The highest BCUT2D eigenvalue weighted by Crippen LogP contribution is 2.38. The normalized spacial score (nSPS) is 12.9. The van der Waals surface area contributed by atoms with Crippen LogP contribution in [-0.4, -0.2) is 30.5 Å². The second-order valence-electron chi connectivity index (χ2n) is 7.05. The number of benzene rings is 2. The number of aromatic nitrogens is 1. The fourth-order valence-corrected chi connectivity index (χ4v) is 3.44. The van der Waals surface area contributed by atoms with Gasteiger partial charge in [-0.15, -0.1) is 0 Å². The predicted octanol–water partition coefficient (Wildman–Crippen LogP) is 4.20. The number of nitrogens with one attached hydrogen (secondary N) is 1. The maximum atomic E-state index is 13.8. The molecule has 2 amide bonds. The van der Waals surface area contributed by atoms with Crippen LogP contribution >= 0.6 is 0 Å². The number of pyridine rings is 1. The van der Waals surface area contributed by atoms with Gasteiger partial charge in [-0.05, 0) is 53.9 Å². The van der Waals surface area contributed by atoms with Gasteiger partial charge in [-0.3, -0.25) is 9.59 Å². The van der Waals surface area contributed by atoms with Crippen LogP contribution in [0.3, 0.4) is 0 Å².